The van der Waals surface area contributed by atoms with Gasteiger partial charge in [-0.1, -0.05) is 51.3 Å². The van der Waals surface area contributed by atoms with E-state index in [1.807, 2.05) is 0 Å². The number of unbranched alkanes of at least 4 members (excludes halogenated alkanes) is 1. The number of hydrogen-bond donors (Lipinski definition) is 1. The summed E-state index contributed by atoms with van der Waals surface area (Å²) in [5, 5.41) is 2.51. The third-order valence-corrected chi connectivity index (χ3v) is 4.51. The molecule has 0 amide bonds. The van der Waals surface area contributed by atoms with Gasteiger partial charge in [-0.05, 0) is 36.6 Å². The molecular formula is C20H25NO. The first-order valence-corrected chi connectivity index (χ1v) is 8.45. The first kappa shape index (κ1) is 15.0. The van der Waals surface area contributed by atoms with E-state index in [1.165, 1.54) is 47.5 Å². The molecule has 1 aromatic heterocycles. The molecule has 0 aliphatic heterocycles. The summed E-state index contributed by atoms with van der Waals surface area (Å²) in [6.45, 7) is 5.33. The van der Waals surface area contributed by atoms with Gasteiger partial charge < -0.3 is 9.72 Å². The Morgan fingerprint density at radius 1 is 1.00 bits per heavy atom. The molecule has 0 radical (unpaired) electrons. The van der Waals surface area contributed by atoms with Gasteiger partial charge in [-0.25, -0.2) is 0 Å². The van der Waals surface area contributed by atoms with Gasteiger partial charge in [0.15, 0.2) is 0 Å². The molecule has 0 spiro atoms. The Morgan fingerprint density at radius 3 is 2.64 bits per heavy atom. The van der Waals surface area contributed by atoms with Crippen molar-refractivity contribution in [1.82, 2.24) is 4.98 Å². The smallest absolute Gasteiger partial charge is 0.120 e. The Hall–Kier alpha value is -1.96. The molecule has 0 saturated carbocycles. The molecule has 2 nitrogen and oxygen atoms in total. The number of aromatic nitrogens is 1. The fourth-order valence-corrected chi connectivity index (χ4v) is 3.03. The van der Waals surface area contributed by atoms with E-state index in [9.17, 15) is 0 Å². The molecule has 0 aliphatic rings. The molecule has 2 aromatic carbocycles. The Balaban J connectivity index is 1.78. The number of ether oxygens (including phenoxy) is 1. The van der Waals surface area contributed by atoms with Crippen LogP contribution in [-0.2, 0) is 0 Å². The highest BCUT2D eigenvalue weighted by Crippen LogP contribution is 2.29. The van der Waals surface area contributed by atoms with Gasteiger partial charge in [0, 0.05) is 21.8 Å². The van der Waals surface area contributed by atoms with E-state index >= 15 is 0 Å². The zero-order chi connectivity index (χ0) is 15.4. The van der Waals surface area contributed by atoms with Crippen molar-refractivity contribution >= 4 is 21.8 Å². The van der Waals surface area contributed by atoms with Crippen LogP contribution in [0.5, 0.6) is 5.75 Å². The van der Waals surface area contributed by atoms with Gasteiger partial charge in [0.1, 0.15) is 5.75 Å². The van der Waals surface area contributed by atoms with Crippen LogP contribution in [-0.4, -0.2) is 11.6 Å². The number of para-hydroxylation sites is 1. The molecule has 2 heteroatoms. The van der Waals surface area contributed by atoms with Crippen LogP contribution in [0.3, 0.4) is 0 Å². The van der Waals surface area contributed by atoms with Crippen LogP contribution in [0.2, 0.25) is 0 Å². The average Bonchev–Trinajstić information content (AvgIpc) is 2.93. The SMILES string of the molecule is CCCCC(CC)COc1ccc2[nH]c3ccccc3c2c1. The van der Waals surface area contributed by atoms with E-state index in [2.05, 4.69) is 61.3 Å². The lowest BCUT2D eigenvalue weighted by Gasteiger charge is -2.15. The molecule has 0 bridgehead atoms. The van der Waals surface area contributed by atoms with Crippen LogP contribution in [0.1, 0.15) is 39.5 Å². The molecule has 1 heterocycles. The normalized spacial score (nSPS) is 12.8. The van der Waals surface area contributed by atoms with Crippen molar-refractivity contribution in [1.29, 1.82) is 0 Å². The summed E-state index contributed by atoms with van der Waals surface area (Å²) in [5.74, 6) is 1.64. The van der Waals surface area contributed by atoms with Crippen LogP contribution >= 0.6 is 0 Å². The van der Waals surface area contributed by atoms with Crippen LogP contribution in [0.15, 0.2) is 42.5 Å². The number of benzene rings is 2. The second kappa shape index (κ2) is 6.87. The van der Waals surface area contributed by atoms with E-state index in [0.717, 1.165) is 12.4 Å². The lowest BCUT2D eigenvalue weighted by Crippen LogP contribution is -2.11. The highest BCUT2D eigenvalue weighted by atomic mass is 16.5. The minimum atomic E-state index is 0.665. The lowest BCUT2D eigenvalue weighted by atomic mass is 10.0. The quantitative estimate of drug-likeness (QED) is 0.575. The van der Waals surface area contributed by atoms with Crippen molar-refractivity contribution in [3.63, 3.8) is 0 Å². The average molecular weight is 295 g/mol. The molecule has 3 aromatic rings. The molecule has 0 aliphatic carbocycles. The maximum atomic E-state index is 6.07. The number of hydrogen-bond acceptors (Lipinski definition) is 1. The van der Waals surface area contributed by atoms with Crippen LogP contribution in [0, 0.1) is 5.92 Å². The zero-order valence-electron chi connectivity index (χ0n) is 13.6. The second-order valence-corrected chi connectivity index (χ2v) is 6.11. The molecule has 1 unspecified atom stereocenters. The van der Waals surface area contributed by atoms with Gasteiger partial charge >= 0.3 is 0 Å². The number of aromatic amines is 1. The van der Waals surface area contributed by atoms with Gasteiger partial charge in [-0.2, -0.15) is 0 Å². The van der Waals surface area contributed by atoms with E-state index < -0.39 is 0 Å². The number of rotatable bonds is 7. The minimum Gasteiger partial charge on any atom is -0.493 e. The summed E-state index contributed by atoms with van der Waals surface area (Å²) in [5.41, 5.74) is 2.36. The summed E-state index contributed by atoms with van der Waals surface area (Å²) < 4.78 is 6.07. The molecule has 1 atom stereocenters. The Morgan fingerprint density at radius 2 is 1.82 bits per heavy atom. The zero-order valence-corrected chi connectivity index (χ0v) is 13.6. The van der Waals surface area contributed by atoms with Crippen molar-refractivity contribution in [3.8, 4) is 5.75 Å². The van der Waals surface area contributed by atoms with Gasteiger partial charge in [0.25, 0.3) is 0 Å². The fraction of sp³-hybridized carbons (Fsp3) is 0.400. The van der Waals surface area contributed by atoms with Crippen LogP contribution in [0.25, 0.3) is 21.8 Å². The van der Waals surface area contributed by atoms with Crippen LogP contribution in [0.4, 0.5) is 0 Å². The first-order chi connectivity index (χ1) is 10.8. The second-order valence-electron chi connectivity index (χ2n) is 6.11. The standard InChI is InChI=1S/C20H25NO/c1-3-5-8-15(4-2)14-22-16-11-12-20-18(13-16)17-9-6-7-10-19(17)21-20/h6-7,9-13,15,21H,3-5,8,14H2,1-2H3. The summed E-state index contributed by atoms with van der Waals surface area (Å²) in [6, 6.07) is 14.8. The van der Waals surface area contributed by atoms with E-state index in [0.29, 0.717) is 5.92 Å². The van der Waals surface area contributed by atoms with Crippen molar-refractivity contribution in [2.75, 3.05) is 6.61 Å². The monoisotopic (exact) mass is 295 g/mol. The van der Waals surface area contributed by atoms with E-state index in [-0.39, 0.29) is 0 Å². The molecule has 22 heavy (non-hydrogen) atoms. The maximum Gasteiger partial charge on any atom is 0.120 e. The van der Waals surface area contributed by atoms with Crippen molar-refractivity contribution in [2.45, 2.75) is 39.5 Å². The molecule has 116 valence electrons. The van der Waals surface area contributed by atoms with Gasteiger partial charge in [-0.15, -0.1) is 0 Å². The van der Waals surface area contributed by atoms with Gasteiger partial charge in [0.05, 0.1) is 6.61 Å². The first-order valence-electron chi connectivity index (χ1n) is 8.45. The molecule has 1 N–H and O–H groups in total. The van der Waals surface area contributed by atoms with Gasteiger partial charge in [0.2, 0.25) is 0 Å². The Labute approximate surface area is 132 Å². The predicted octanol–water partition coefficient (Wildman–Crippen LogP) is 5.92. The highest BCUT2D eigenvalue weighted by Gasteiger charge is 2.09. The Bertz CT molecular complexity index is 744. The maximum absolute atomic E-state index is 6.07. The highest BCUT2D eigenvalue weighted by molar-refractivity contribution is 6.07. The summed E-state index contributed by atoms with van der Waals surface area (Å²) >= 11 is 0. The number of H-pyrrole nitrogens is 1. The molecular weight excluding hydrogens is 270 g/mol. The number of nitrogens with one attached hydrogen (secondary N) is 1. The fourth-order valence-electron chi connectivity index (χ4n) is 3.03. The topological polar surface area (TPSA) is 25.0 Å². The van der Waals surface area contributed by atoms with Gasteiger partial charge in [-0.3, -0.25) is 0 Å². The third-order valence-electron chi connectivity index (χ3n) is 4.51. The Kier molecular flexibility index (Phi) is 4.67. The minimum absolute atomic E-state index is 0.665. The molecule has 0 fully saturated rings. The third kappa shape index (κ3) is 3.11. The van der Waals surface area contributed by atoms with E-state index in [4.69, 9.17) is 4.74 Å². The molecule has 3 rings (SSSR count). The largest absolute Gasteiger partial charge is 0.493 e. The molecule has 0 saturated heterocycles. The van der Waals surface area contributed by atoms with Crippen molar-refractivity contribution in [2.24, 2.45) is 5.92 Å². The summed E-state index contributed by atoms with van der Waals surface area (Å²) in [7, 11) is 0. The van der Waals surface area contributed by atoms with Crippen LogP contribution < -0.4 is 4.74 Å². The summed E-state index contributed by atoms with van der Waals surface area (Å²) in [6.07, 6.45) is 5.01. The summed E-state index contributed by atoms with van der Waals surface area (Å²) in [4.78, 5) is 3.45. The van der Waals surface area contributed by atoms with Crippen molar-refractivity contribution < 1.29 is 4.74 Å². The number of fused-ring (bicyclic) bond motifs is 3. The van der Waals surface area contributed by atoms with Crippen molar-refractivity contribution in [3.05, 3.63) is 42.5 Å². The lowest BCUT2D eigenvalue weighted by molar-refractivity contribution is 0.233. The van der Waals surface area contributed by atoms with E-state index in [1.54, 1.807) is 0 Å². The predicted molar refractivity (Wildman–Crippen MR) is 94.6 cm³/mol.